The minimum atomic E-state index is -0.497. The van der Waals surface area contributed by atoms with E-state index in [0.717, 1.165) is 10.9 Å². The van der Waals surface area contributed by atoms with Crippen LogP contribution in [0.2, 0.25) is 0 Å². The first kappa shape index (κ1) is 12.5. The molecule has 0 N–H and O–H groups in total. The van der Waals surface area contributed by atoms with Gasteiger partial charge < -0.3 is 0 Å². The van der Waals surface area contributed by atoms with E-state index in [-0.39, 0.29) is 11.3 Å². The van der Waals surface area contributed by atoms with E-state index in [4.69, 9.17) is 0 Å². The lowest BCUT2D eigenvalue weighted by atomic mass is 9.99. The number of carbonyl (C=O) groups is 1. The highest BCUT2D eigenvalue weighted by Gasteiger charge is 2.16. The van der Waals surface area contributed by atoms with Gasteiger partial charge in [0.1, 0.15) is 5.82 Å². The highest BCUT2D eigenvalue weighted by Crippen LogP contribution is 2.21. The molecule has 0 aliphatic rings. The number of ketones is 1. The van der Waals surface area contributed by atoms with Crippen molar-refractivity contribution < 1.29 is 9.18 Å². The Hall–Kier alpha value is -2.55. The third-order valence-corrected chi connectivity index (χ3v) is 3.25. The van der Waals surface area contributed by atoms with Crippen LogP contribution in [0.5, 0.6) is 0 Å². The molecule has 0 radical (unpaired) electrons. The van der Waals surface area contributed by atoms with Crippen molar-refractivity contribution in [2.24, 2.45) is 0 Å². The summed E-state index contributed by atoms with van der Waals surface area (Å²) in [6.07, 6.45) is 1.63. The lowest BCUT2D eigenvalue weighted by Crippen LogP contribution is -2.06. The van der Waals surface area contributed by atoms with Crippen LogP contribution in [0.4, 0.5) is 4.39 Å². The van der Waals surface area contributed by atoms with Gasteiger partial charge in [-0.1, -0.05) is 24.3 Å². The summed E-state index contributed by atoms with van der Waals surface area (Å²) < 4.78 is 13.9. The Kier molecular flexibility index (Phi) is 3.03. The first-order valence-electron chi connectivity index (χ1n) is 6.31. The molecule has 20 heavy (non-hydrogen) atoms. The molecular formula is C17H12FNO. The van der Waals surface area contributed by atoms with Gasteiger partial charge in [-0.15, -0.1) is 0 Å². The molecule has 3 heteroatoms. The number of hydrogen-bond donors (Lipinski definition) is 0. The number of hydrogen-bond acceptors (Lipinski definition) is 2. The average Bonchev–Trinajstić information content (AvgIpc) is 2.46. The fourth-order valence-corrected chi connectivity index (χ4v) is 2.24. The van der Waals surface area contributed by atoms with E-state index >= 15 is 0 Å². The Morgan fingerprint density at radius 1 is 1.05 bits per heavy atom. The SMILES string of the molecule is Cc1ccc(C(=O)c2cccc3cccnc23)c(F)c1. The summed E-state index contributed by atoms with van der Waals surface area (Å²) in [5.74, 6) is -0.838. The van der Waals surface area contributed by atoms with E-state index in [1.54, 1.807) is 31.3 Å². The number of halogens is 1. The zero-order valence-electron chi connectivity index (χ0n) is 10.9. The maximum absolute atomic E-state index is 13.9. The molecule has 98 valence electrons. The van der Waals surface area contributed by atoms with Crippen LogP contribution in [0.25, 0.3) is 10.9 Å². The van der Waals surface area contributed by atoms with Gasteiger partial charge >= 0.3 is 0 Å². The number of benzene rings is 2. The molecule has 0 saturated heterocycles. The molecule has 1 aromatic heterocycles. The van der Waals surface area contributed by atoms with Crippen LogP contribution in [-0.2, 0) is 0 Å². The molecule has 0 aliphatic carbocycles. The topological polar surface area (TPSA) is 30.0 Å². The third kappa shape index (κ3) is 2.07. The monoisotopic (exact) mass is 265 g/mol. The second-order valence-corrected chi connectivity index (χ2v) is 4.69. The predicted octanol–water partition coefficient (Wildman–Crippen LogP) is 3.91. The normalized spacial score (nSPS) is 10.7. The van der Waals surface area contributed by atoms with Crippen molar-refractivity contribution in [2.75, 3.05) is 0 Å². The number of para-hydroxylation sites is 1. The lowest BCUT2D eigenvalue weighted by Gasteiger charge is -2.06. The Balaban J connectivity index is 2.18. The highest BCUT2D eigenvalue weighted by atomic mass is 19.1. The van der Waals surface area contributed by atoms with E-state index in [9.17, 15) is 9.18 Å². The Morgan fingerprint density at radius 2 is 1.85 bits per heavy atom. The summed E-state index contributed by atoms with van der Waals surface area (Å²) in [6.45, 7) is 1.79. The second kappa shape index (κ2) is 4.85. The summed E-state index contributed by atoms with van der Waals surface area (Å²) in [7, 11) is 0. The third-order valence-electron chi connectivity index (χ3n) is 3.25. The fraction of sp³-hybridized carbons (Fsp3) is 0.0588. The van der Waals surface area contributed by atoms with E-state index in [1.807, 2.05) is 18.2 Å². The van der Waals surface area contributed by atoms with E-state index in [2.05, 4.69) is 4.98 Å². The van der Waals surface area contributed by atoms with E-state index < -0.39 is 5.82 Å². The van der Waals surface area contributed by atoms with Crippen molar-refractivity contribution in [1.82, 2.24) is 4.98 Å². The van der Waals surface area contributed by atoms with Gasteiger partial charge in [-0.2, -0.15) is 0 Å². The second-order valence-electron chi connectivity index (χ2n) is 4.69. The van der Waals surface area contributed by atoms with Crippen molar-refractivity contribution >= 4 is 16.7 Å². The molecule has 3 rings (SSSR count). The summed E-state index contributed by atoms with van der Waals surface area (Å²) >= 11 is 0. The van der Waals surface area contributed by atoms with Crippen LogP contribution in [0.3, 0.4) is 0 Å². The van der Waals surface area contributed by atoms with Crippen LogP contribution in [0.1, 0.15) is 21.5 Å². The zero-order chi connectivity index (χ0) is 14.1. The van der Waals surface area contributed by atoms with Gasteiger partial charge in [-0.05, 0) is 36.8 Å². The first-order valence-corrected chi connectivity index (χ1v) is 6.31. The molecule has 0 spiro atoms. The zero-order valence-corrected chi connectivity index (χ0v) is 10.9. The van der Waals surface area contributed by atoms with E-state index in [1.165, 1.54) is 12.1 Å². The van der Waals surface area contributed by atoms with Crippen molar-refractivity contribution in [2.45, 2.75) is 6.92 Å². The Labute approximate surface area is 115 Å². The molecule has 2 nitrogen and oxygen atoms in total. The molecule has 0 bridgehead atoms. The van der Waals surface area contributed by atoms with Crippen LogP contribution in [0, 0.1) is 12.7 Å². The smallest absolute Gasteiger partial charge is 0.198 e. The van der Waals surface area contributed by atoms with Crippen LogP contribution in [-0.4, -0.2) is 10.8 Å². The number of aromatic nitrogens is 1. The quantitative estimate of drug-likeness (QED) is 0.657. The molecule has 1 heterocycles. The van der Waals surface area contributed by atoms with Gasteiger partial charge in [0.15, 0.2) is 5.78 Å². The average molecular weight is 265 g/mol. The van der Waals surface area contributed by atoms with Crippen LogP contribution in [0.15, 0.2) is 54.7 Å². The van der Waals surface area contributed by atoms with Crippen LogP contribution < -0.4 is 0 Å². The van der Waals surface area contributed by atoms with Crippen molar-refractivity contribution in [1.29, 1.82) is 0 Å². The summed E-state index contributed by atoms with van der Waals surface area (Å²) in [4.78, 5) is 16.7. The molecule has 0 amide bonds. The first-order chi connectivity index (χ1) is 9.66. The number of rotatable bonds is 2. The van der Waals surface area contributed by atoms with E-state index in [0.29, 0.717) is 11.1 Å². The van der Waals surface area contributed by atoms with Crippen molar-refractivity contribution in [3.8, 4) is 0 Å². The number of fused-ring (bicyclic) bond motifs is 1. The molecule has 0 atom stereocenters. The molecule has 3 aromatic rings. The molecular weight excluding hydrogens is 253 g/mol. The van der Waals surface area contributed by atoms with Gasteiger partial charge in [0.25, 0.3) is 0 Å². The number of pyridine rings is 1. The van der Waals surface area contributed by atoms with Gasteiger partial charge in [-0.25, -0.2) is 4.39 Å². The molecule has 0 aliphatic heterocycles. The summed E-state index contributed by atoms with van der Waals surface area (Å²) in [6, 6.07) is 13.6. The maximum Gasteiger partial charge on any atom is 0.198 e. The van der Waals surface area contributed by atoms with Crippen molar-refractivity contribution in [3.05, 3.63) is 77.2 Å². The van der Waals surface area contributed by atoms with Gasteiger partial charge in [0.2, 0.25) is 0 Å². The van der Waals surface area contributed by atoms with Gasteiger partial charge in [0.05, 0.1) is 11.1 Å². The number of aryl methyl sites for hydroxylation is 1. The minimum Gasteiger partial charge on any atom is -0.288 e. The predicted molar refractivity (Wildman–Crippen MR) is 76.3 cm³/mol. The lowest BCUT2D eigenvalue weighted by molar-refractivity contribution is 0.103. The largest absolute Gasteiger partial charge is 0.288 e. The fourth-order valence-electron chi connectivity index (χ4n) is 2.24. The summed E-state index contributed by atoms with van der Waals surface area (Å²) in [5.41, 5.74) is 1.88. The minimum absolute atomic E-state index is 0.0775. The molecule has 2 aromatic carbocycles. The Bertz CT molecular complexity index is 806. The molecule has 0 unspecified atom stereocenters. The van der Waals surface area contributed by atoms with Crippen molar-refractivity contribution in [3.63, 3.8) is 0 Å². The number of carbonyl (C=O) groups excluding carboxylic acids is 1. The molecule has 0 fully saturated rings. The van der Waals surface area contributed by atoms with Gasteiger partial charge in [0, 0.05) is 17.1 Å². The highest BCUT2D eigenvalue weighted by molar-refractivity contribution is 6.15. The maximum atomic E-state index is 13.9. The van der Waals surface area contributed by atoms with Gasteiger partial charge in [-0.3, -0.25) is 9.78 Å². The summed E-state index contributed by atoms with van der Waals surface area (Å²) in [5, 5.41) is 0.867. The van der Waals surface area contributed by atoms with Crippen LogP contribution >= 0.6 is 0 Å². The molecule has 0 saturated carbocycles. The Morgan fingerprint density at radius 3 is 2.65 bits per heavy atom. The standard InChI is InChI=1S/C17H12FNO/c1-11-7-8-13(15(18)10-11)17(20)14-6-2-4-12-5-3-9-19-16(12)14/h2-10H,1H3. The number of nitrogens with zero attached hydrogens (tertiary/aromatic N) is 1.